The highest BCUT2D eigenvalue weighted by Crippen LogP contribution is 2.11. The lowest BCUT2D eigenvalue weighted by atomic mass is 10.1. The van der Waals surface area contributed by atoms with Crippen LogP contribution in [0.15, 0.2) is 35.2 Å². The Balaban J connectivity index is 2.06. The SMILES string of the molecule is CC(C)(C)NCc1ccc(-n2cc(Br)cn2)nc1. The monoisotopic (exact) mass is 308 g/mol. The van der Waals surface area contributed by atoms with E-state index in [1.54, 1.807) is 10.9 Å². The fraction of sp³-hybridized carbons (Fsp3) is 0.385. The molecule has 0 saturated carbocycles. The first-order valence-corrected chi connectivity index (χ1v) is 6.64. The van der Waals surface area contributed by atoms with Crippen LogP contribution in [-0.4, -0.2) is 20.3 Å². The lowest BCUT2D eigenvalue weighted by molar-refractivity contribution is 0.424. The Morgan fingerprint density at radius 2 is 2.06 bits per heavy atom. The lowest BCUT2D eigenvalue weighted by Crippen LogP contribution is -2.35. The number of hydrogen-bond acceptors (Lipinski definition) is 3. The number of halogens is 1. The van der Waals surface area contributed by atoms with Crippen LogP contribution in [0.3, 0.4) is 0 Å². The van der Waals surface area contributed by atoms with Crippen LogP contribution >= 0.6 is 15.9 Å². The number of nitrogens with one attached hydrogen (secondary N) is 1. The lowest BCUT2D eigenvalue weighted by Gasteiger charge is -2.20. The highest BCUT2D eigenvalue weighted by Gasteiger charge is 2.08. The molecule has 2 aromatic heterocycles. The maximum absolute atomic E-state index is 4.40. The molecular weight excluding hydrogens is 292 g/mol. The van der Waals surface area contributed by atoms with Crippen molar-refractivity contribution in [2.45, 2.75) is 32.9 Å². The minimum Gasteiger partial charge on any atom is -0.308 e. The molecule has 2 aromatic rings. The van der Waals surface area contributed by atoms with Crippen molar-refractivity contribution in [3.8, 4) is 5.82 Å². The number of pyridine rings is 1. The van der Waals surface area contributed by atoms with Crippen LogP contribution < -0.4 is 5.32 Å². The molecule has 0 aliphatic carbocycles. The average molecular weight is 309 g/mol. The zero-order chi connectivity index (χ0) is 13.2. The molecule has 2 rings (SSSR count). The molecule has 0 radical (unpaired) electrons. The van der Waals surface area contributed by atoms with Gasteiger partial charge in [0, 0.05) is 24.5 Å². The normalized spacial score (nSPS) is 11.8. The predicted octanol–water partition coefficient (Wildman–Crippen LogP) is 2.92. The zero-order valence-electron chi connectivity index (χ0n) is 10.8. The molecule has 96 valence electrons. The van der Waals surface area contributed by atoms with Gasteiger partial charge >= 0.3 is 0 Å². The Labute approximate surface area is 116 Å². The van der Waals surface area contributed by atoms with Crippen molar-refractivity contribution in [2.24, 2.45) is 0 Å². The summed E-state index contributed by atoms with van der Waals surface area (Å²) >= 11 is 3.37. The minimum atomic E-state index is 0.117. The molecule has 0 amide bonds. The van der Waals surface area contributed by atoms with Gasteiger partial charge in [-0.25, -0.2) is 9.67 Å². The molecular formula is C13H17BrN4. The van der Waals surface area contributed by atoms with E-state index < -0.39 is 0 Å². The van der Waals surface area contributed by atoms with Gasteiger partial charge in [-0.15, -0.1) is 0 Å². The van der Waals surface area contributed by atoms with E-state index in [0.29, 0.717) is 0 Å². The maximum atomic E-state index is 4.40. The van der Waals surface area contributed by atoms with Gasteiger partial charge in [-0.2, -0.15) is 5.10 Å². The summed E-state index contributed by atoms with van der Waals surface area (Å²) in [6.45, 7) is 7.27. The second-order valence-corrected chi connectivity index (χ2v) is 6.15. The third-order valence-electron chi connectivity index (χ3n) is 2.42. The molecule has 18 heavy (non-hydrogen) atoms. The Bertz CT molecular complexity index is 511. The molecule has 0 spiro atoms. The van der Waals surface area contributed by atoms with E-state index in [4.69, 9.17) is 0 Å². The van der Waals surface area contributed by atoms with Crippen molar-refractivity contribution < 1.29 is 0 Å². The van der Waals surface area contributed by atoms with Crippen molar-refractivity contribution in [1.82, 2.24) is 20.1 Å². The summed E-state index contributed by atoms with van der Waals surface area (Å²) < 4.78 is 2.69. The van der Waals surface area contributed by atoms with Gasteiger partial charge in [-0.05, 0) is 48.3 Å². The number of rotatable bonds is 3. The average Bonchev–Trinajstić information content (AvgIpc) is 2.73. The van der Waals surface area contributed by atoms with Gasteiger partial charge in [0.25, 0.3) is 0 Å². The van der Waals surface area contributed by atoms with Crippen LogP contribution in [0.1, 0.15) is 26.3 Å². The van der Waals surface area contributed by atoms with Gasteiger partial charge < -0.3 is 5.32 Å². The zero-order valence-corrected chi connectivity index (χ0v) is 12.4. The van der Waals surface area contributed by atoms with Gasteiger partial charge in [-0.1, -0.05) is 6.07 Å². The predicted molar refractivity (Wildman–Crippen MR) is 75.7 cm³/mol. The molecule has 0 aromatic carbocycles. The van der Waals surface area contributed by atoms with Gasteiger partial charge in [0.2, 0.25) is 0 Å². The first-order valence-electron chi connectivity index (χ1n) is 5.84. The van der Waals surface area contributed by atoms with Gasteiger partial charge in [0.1, 0.15) is 0 Å². The third-order valence-corrected chi connectivity index (χ3v) is 2.83. The van der Waals surface area contributed by atoms with E-state index in [2.05, 4.69) is 58.2 Å². The standard InChI is InChI=1S/C13H17BrN4/c1-13(2,3)16-7-10-4-5-12(15-6-10)18-9-11(14)8-17-18/h4-6,8-9,16H,7H2,1-3H3. The first kappa shape index (κ1) is 13.2. The molecule has 0 atom stereocenters. The summed E-state index contributed by atoms with van der Waals surface area (Å²) in [6, 6.07) is 4.04. The van der Waals surface area contributed by atoms with Crippen molar-refractivity contribution in [3.63, 3.8) is 0 Å². The Morgan fingerprint density at radius 3 is 2.56 bits per heavy atom. The molecule has 0 aliphatic rings. The molecule has 0 bridgehead atoms. The van der Waals surface area contributed by atoms with Crippen molar-refractivity contribution >= 4 is 15.9 Å². The Morgan fingerprint density at radius 1 is 1.28 bits per heavy atom. The fourth-order valence-electron chi connectivity index (χ4n) is 1.45. The topological polar surface area (TPSA) is 42.7 Å². The van der Waals surface area contributed by atoms with Crippen molar-refractivity contribution in [2.75, 3.05) is 0 Å². The van der Waals surface area contributed by atoms with E-state index in [-0.39, 0.29) is 5.54 Å². The van der Waals surface area contributed by atoms with Crippen LogP contribution in [0, 0.1) is 0 Å². The number of nitrogens with zero attached hydrogens (tertiary/aromatic N) is 3. The van der Waals surface area contributed by atoms with Gasteiger partial charge in [0.15, 0.2) is 5.82 Å². The Hall–Kier alpha value is -1.20. The quantitative estimate of drug-likeness (QED) is 0.948. The number of hydrogen-bond donors (Lipinski definition) is 1. The van der Waals surface area contributed by atoms with E-state index >= 15 is 0 Å². The van der Waals surface area contributed by atoms with Crippen LogP contribution in [-0.2, 0) is 6.54 Å². The first-order chi connectivity index (χ1) is 8.44. The van der Waals surface area contributed by atoms with Crippen LogP contribution in [0.4, 0.5) is 0 Å². The van der Waals surface area contributed by atoms with E-state index in [0.717, 1.165) is 16.8 Å². The van der Waals surface area contributed by atoms with Crippen LogP contribution in [0.2, 0.25) is 0 Å². The molecule has 2 heterocycles. The largest absolute Gasteiger partial charge is 0.308 e. The third kappa shape index (κ3) is 3.65. The molecule has 1 N–H and O–H groups in total. The summed E-state index contributed by atoms with van der Waals surface area (Å²) in [6.07, 6.45) is 5.51. The van der Waals surface area contributed by atoms with Crippen LogP contribution in [0.5, 0.6) is 0 Å². The second kappa shape index (κ2) is 5.20. The van der Waals surface area contributed by atoms with Crippen molar-refractivity contribution in [1.29, 1.82) is 0 Å². The summed E-state index contributed by atoms with van der Waals surface area (Å²) in [5.74, 6) is 0.820. The molecule has 0 unspecified atom stereocenters. The molecule has 0 fully saturated rings. The minimum absolute atomic E-state index is 0.117. The van der Waals surface area contributed by atoms with E-state index in [1.165, 1.54) is 5.56 Å². The maximum Gasteiger partial charge on any atom is 0.153 e. The van der Waals surface area contributed by atoms with E-state index in [1.807, 2.05) is 18.5 Å². The molecule has 0 aliphatic heterocycles. The molecule has 5 heteroatoms. The van der Waals surface area contributed by atoms with Crippen molar-refractivity contribution in [3.05, 3.63) is 40.8 Å². The highest BCUT2D eigenvalue weighted by atomic mass is 79.9. The second-order valence-electron chi connectivity index (χ2n) is 5.23. The van der Waals surface area contributed by atoms with Gasteiger partial charge in [-0.3, -0.25) is 0 Å². The summed E-state index contributed by atoms with van der Waals surface area (Å²) in [5.41, 5.74) is 1.28. The molecule has 4 nitrogen and oxygen atoms in total. The van der Waals surface area contributed by atoms with E-state index in [9.17, 15) is 0 Å². The Kier molecular flexibility index (Phi) is 3.82. The van der Waals surface area contributed by atoms with Gasteiger partial charge in [0.05, 0.1) is 10.7 Å². The number of aromatic nitrogens is 3. The smallest absolute Gasteiger partial charge is 0.153 e. The van der Waals surface area contributed by atoms with Crippen LogP contribution in [0.25, 0.3) is 5.82 Å². The summed E-state index contributed by atoms with van der Waals surface area (Å²) in [4.78, 5) is 4.40. The fourth-order valence-corrected chi connectivity index (χ4v) is 1.74. The highest BCUT2D eigenvalue weighted by molar-refractivity contribution is 9.10. The molecule has 0 saturated heterocycles. The summed E-state index contributed by atoms with van der Waals surface area (Å²) in [5, 5.41) is 7.62. The summed E-state index contributed by atoms with van der Waals surface area (Å²) in [7, 11) is 0.